The highest BCUT2D eigenvalue weighted by Crippen LogP contribution is 2.29. The number of benzene rings is 2. The van der Waals surface area contributed by atoms with Crippen LogP contribution in [-0.2, 0) is 6.42 Å². The summed E-state index contributed by atoms with van der Waals surface area (Å²) in [5, 5.41) is 0. The minimum Gasteiger partial charge on any atom is -1.00 e. The van der Waals surface area contributed by atoms with E-state index < -0.39 is 0 Å². The minimum atomic E-state index is 0. The number of hydrogen-bond donors (Lipinski definition) is 0. The molecule has 20 heavy (non-hydrogen) atoms. The Morgan fingerprint density at radius 3 is 1.95 bits per heavy atom. The van der Waals surface area contributed by atoms with Crippen molar-refractivity contribution in [3.05, 3.63) is 84.6 Å². The SMILES string of the molecule is C=C[N+](C)(C)C(Cc1ccccc1)c1ccccc1.[Cl-]. The summed E-state index contributed by atoms with van der Waals surface area (Å²) >= 11 is 0. The molecule has 1 atom stereocenters. The zero-order chi connectivity index (χ0) is 13.7. The van der Waals surface area contributed by atoms with Crippen LogP contribution >= 0.6 is 0 Å². The van der Waals surface area contributed by atoms with Crippen molar-refractivity contribution in [2.24, 2.45) is 0 Å². The predicted molar refractivity (Wildman–Crippen MR) is 81.6 cm³/mol. The quantitative estimate of drug-likeness (QED) is 0.725. The molecule has 106 valence electrons. The monoisotopic (exact) mass is 287 g/mol. The zero-order valence-electron chi connectivity index (χ0n) is 12.2. The molecule has 0 saturated heterocycles. The van der Waals surface area contributed by atoms with Crippen LogP contribution in [0.3, 0.4) is 0 Å². The smallest absolute Gasteiger partial charge is 0.122 e. The fraction of sp³-hybridized carbons (Fsp3) is 0.222. The van der Waals surface area contributed by atoms with E-state index in [-0.39, 0.29) is 12.4 Å². The van der Waals surface area contributed by atoms with Gasteiger partial charge in [-0.1, -0.05) is 60.7 Å². The second-order valence-electron chi connectivity index (χ2n) is 5.43. The lowest BCUT2D eigenvalue weighted by atomic mass is 9.96. The first kappa shape index (κ1) is 16.5. The van der Waals surface area contributed by atoms with E-state index in [2.05, 4.69) is 81.3 Å². The molecule has 0 amide bonds. The molecule has 1 unspecified atom stereocenters. The molecule has 0 aromatic heterocycles. The van der Waals surface area contributed by atoms with Gasteiger partial charge in [-0.3, -0.25) is 4.48 Å². The number of rotatable bonds is 5. The molecule has 1 nitrogen and oxygen atoms in total. The van der Waals surface area contributed by atoms with E-state index in [1.807, 2.05) is 6.20 Å². The lowest BCUT2D eigenvalue weighted by molar-refractivity contribution is -0.871. The second-order valence-corrected chi connectivity index (χ2v) is 5.43. The third kappa shape index (κ3) is 3.96. The van der Waals surface area contributed by atoms with Gasteiger partial charge in [0.2, 0.25) is 0 Å². The molecule has 2 rings (SSSR count). The van der Waals surface area contributed by atoms with Crippen LogP contribution in [0.1, 0.15) is 17.2 Å². The van der Waals surface area contributed by atoms with Crippen molar-refractivity contribution in [3.63, 3.8) is 0 Å². The van der Waals surface area contributed by atoms with Gasteiger partial charge in [0, 0.05) is 12.0 Å². The van der Waals surface area contributed by atoms with Gasteiger partial charge >= 0.3 is 0 Å². The Hall–Kier alpha value is -1.57. The Labute approximate surface area is 128 Å². The summed E-state index contributed by atoms with van der Waals surface area (Å²) in [6.45, 7) is 3.99. The summed E-state index contributed by atoms with van der Waals surface area (Å²) in [5.41, 5.74) is 2.72. The Bertz CT molecular complexity index is 520. The zero-order valence-corrected chi connectivity index (χ0v) is 12.9. The van der Waals surface area contributed by atoms with Crippen LogP contribution in [0.2, 0.25) is 0 Å². The van der Waals surface area contributed by atoms with Crippen LogP contribution < -0.4 is 12.4 Å². The summed E-state index contributed by atoms with van der Waals surface area (Å²) < 4.78 is 0.777. The van der Waals surface area contributed by atoms with Crippen LogP contribution in [0.4, 0.5) is 0 Å². The van der Waals surface area contributed by atoms with Crippen molar-refractivity contribution in [2.45, 2.75) is 12.5 Å². The molecule has 0 aliphatic rings. The largest absolute Gasteiger partial charge is 1.00 e. The van der Waals surface area contributed by atoms with Crippen molar-refractivity contribution in [1.82, 2.24) is 0 Å². The summed E-state index contributed by atoms with van der Waals surface area (Å²) in [6.07, 6.45) is 3.03. The fourth-order valence-corrected chi connectivity index (χ4v) is 2.38. The van der Waals surface area contributed by atoms with Gasteiger partial charge in [-0.25, -0.2) is 0 Å². The van der Waals surface area contributed by atoms with Crippen LogP contribution in [-0.4, -0.2) is 18.6 Å². The Balaban J connectivity index is 0.00000200. The summed E-state index contributed by atoms with van der Waals surface area (Å²) in [7, 11) is 4.40. The van der Waals surface area contributed by atoms with Crippen molar-refractivity contribution < 1.29 is 16.9 Å². The van der Waals surface area contributed by atoms with Gasteiger partial charge in [0.25, 0.3) is 0 Å². The normalized spacial score (nSPS) is 12.3. The van der Waals surface area contributed by atoms with Crippen LogP contribution in [0.5, 0.6) is 0 Å². The third-order valence-corrected chi connectivity index (χ3v) is 3.73. The van der Waals surface area contributed by atoms with Crippen molar-refractivity contribution in [3.8, 4) is 0 Å². The summed E-state index contributed by atoms with van der Waals surface area (Å²) in [5.74, 6) is 0. The van der Waals surface area contributed by atoms with E-state index in [0.717, 1.165) is 10.9 Å². The van der Waals surface area contributed by atoms with Gasteiger partial charge in [-0.05, 0) is 12.1 Å². The summed E-state index contributed by atoms with van der Waals surface area (Å²) in [6, 6.07) is 21.7. The molecule has 0 saturated carbocycles. The number of hydrogen-bond acceptors (Lipinski definition) is 0. The highest BCUT2D eigenvalue weighted by Gasteiger charge is 2.27. The molecule has 0 N–H and O–H groups in total. The van der Waals surface area contributed by atoms with E-state index in [1.54, 1.807) is 0 Å². The van der Waals surface area contributed by atoms with Crippen LogP contribution in [0.15, 0.2) is 73.4 Å². The fourth-order valence-electron chi connectivity index (χ4n) is 2.38. The Morgan fingerprint density at radius 1 is 0.950 bits per heavy atom. The molecule has 0 spiro atoms. The lowest BCUT2D eigenvalue weighted by Gasteiger charge is -2.35. The highest BCUT2D eigenvalue weighted by molar-refractivity contribution is 5.22. The molecular formula is C18H22ClN. The predicted octanol–water partition coefficient (Wildman–Crippen LogP) is 1.19. The van der Waals surface area contributed by atoms with Gasteiger partial charge < -0.3 is 12.4 Å². The van der Waals surface area contributed by atoms with E-state index >= 15 is 0 Å². The van der Waals surface area contributed by atoms with Crippen molar-refractivity contribution in [2.75, 3.05) is 14.1 Å². The molecule has 0 radical (unpaired) electrons. The highest BCUT2D eigenvalue weighted by atomic mass is 35.5. The van der Waals surface area contributed by atoms with E-state index in [4.69, 9.17) is 0 Å². The van der Waals surface area contributed by atoms with Gasteiger partial charge in [-0.15, -0.1) is 0 Å². The Morgan fingerprint density at radius 2 is 1.45 bits per heavy atom. The maximum atomic E-state index is 3.99. The topological polar surface area (TPSA) is 0 Å². The van der Waals surface area contributed by atoms with Gasteiger partial charge in [0.15, 0.2) is 0 Å². The third-order valence-electron chi connectivity index (χ3n) is 3.73. The minimum absolute atomic E-state index is 0. The van der Waals surface area contributed by atoms with E-state index in [0.29, 0.717) is 6.04 Å². The number of halogens is 1. The standard InChI is InChI=1S/C18H22N.ClH/c1-4-19(2,3)18(17-13-9-6-10-14-17)15-16-11-7-5-8-12-16;/h4-14,18H,1,15H2,2-3H3;1H/q+1;/p-1. The number of likely N-dealkylation sites (N-methyl/N-ethyl adjacent to an activating group) is 1. The second kappa shape index (κ2) is 7.28. The first-order valence-electron chi connectivity index (χ1n) is 6.69. The molecule has 0 heterocycles. The maximum absolute atomic E-state index is 3.99. The average Bonchev–Trinajstić information content (AvgIpc) is 2.46. The van der Waals surface area contributed by atoms with Gasteiger partial charge in [-0.2, -0.15) is 0 Å². The van der Waals surface area contributed by atoms with Gasteiger partial charge in [0.1, 0.15) is 6.04 Å². The van der Waals surface area contributed by atoms with E-state index in [9.17, 15) is 0 Å². The number of quaternary nitrogens is 1. The molecular weight excluding hydrogens is 266 g/mol. The molecule has 2 aromatic carbocycles. The van der Waals surface area contributed by atoms with Crippen molar-refractivity contribution in [1.29, 1.82) is 0 Å². The Kier molecular flexibility index (Phi) is 6.00. The first-order valence-corrected chi connectivity index (χ1v) is 6.69. The first-order chi connectivity index (χ1) is 9.13. The molecule has 0 bridgehead atoms. The number of nitrogens with zero attached hydrogens (tertiary/aromatic N) is 1. The van der Waals surface area contributed by atoms with Crippen molar-refractivity contribution >= 4 is 0 Å². The average molecular weight is 288 g/mol. The lowest BCUT2D eigenvalue weighted by Crippen LogP contribution is -3.00. The van der Waals surface area contributed by atoms with Crippen LogP contribution in [0, 0.1) is 0 Å². The molecule has 2 aromatic rings. The molecule has 2 heteroatoms. The summed E-state index contributed by atoms with van der Waals surface area (Å²) in [4.78, 5) is 0. The van der Waals surface area contributed by atoms with Gasteiger partial charge in [0.05, 0.1) is 20.3 Å². The van der Waals surface area contributed by atoms with Crippen LogP contribution in [0.25, 0.3) is 0 Å². The van der Waals surface area contributed by atoms with E-state index in [1.165, 1.54) is 11.1 Å². The molecule has 0 aliphatic carbocycles. The molecule has 0 fully saturated rings. The molecule has 0 aliphatic heterocycles. The maximum Gasteiger partial charge on any atom is 0.122 e.